The lowest BCUT2D eigenvalue weighted by Gasteiger charge is -2.27. The number of aromatic nitrogens is 1. The van der Waals surface area contributed by atoms with E-state index in [4.69, 9.17) is 4.98 Å². The molecule has 0 unspecified atom stereocenters. The third-order valence-corrected chi connectivity index (χ3v) is 7.26. The molecule has 3 atom stereocenters. The van der Waals surface area contributed by atoms with Gasteiger partial charge in [0.15, 0.2) is 0 Å². The van der Waals surface area contributed by atoms with Crippen LogP contribution in [0.5, 0.6) is 0 Å². The zero-order valence-electron chi connectivity index (χ0n) is 19.0. The Bertz CT molecular complexity index is 1140. The van der Waals surface area contributed by atoms with E-state index in [0.717, 1.165) is 29.1 Å². The zero-order chi connectivity index (χ0) is 22.8. The van der Waals surface area contributed by atoms with E-state index in [2.05, 4.69) is 59.3 Å². The normalized spacial score (nSPS) is 18.0. The molecule has 168 valence electrons. The molecule has 2 heterocycles. The molecule has 0 radical (unpaired) electrons. The standard InChI is InChI=1S/C25H30N4O2S/c1-15-11-12-20(19-9-6-5-8-18(15)19)21-14-32-24(28-21)22-10-7-13-29(22)25(31)17(3)27-23(30)16(2)26-4/h5-6,8-9,11-12,14,16-17,22,26H,7,10,13H2,1-4H3,(H,27,30)/t16-,17-,22-/m1/s1. The Morgan fingerprint density at radius 3 is 2.62 bits per heavy atom. The van der Waals surface area contributed by atoms with Crippen molar-refractivity contribution in [1.29, 1.82) is 0 Å². The number of rotatable bonds is 6. The average molecular weight is 451 g/mol. The number of nitrogens with zero attached hydrogens (tertiary/aromatic N) is 2. The summed E-state index contributed by atoms with van der Waals surface area (Å²) in [6.45, 7) is 6.34. The predicted octanol–water partition coefficient (Wildman–Crippen LogP) is 4.05. The number of likely N-dealkylation sites (N-methyl/N-ethyl adjacent to an activating group) is 1. The maximum absolute atomic E-state index is 13.1. The third-order valence-electron chi connectivity index (χ3n) is 6.32. The van der Waals surface area contributed by atoms with Gasteiger partial charge in [-0.25, -0.2) is 4.98 Å². The maximum atomic E-state index is 13.1. The van der Waals surface area contributed by atoms with Crippen molar-refractivity contribution in [3.8, 4) is 11.3 Å². The number of fused-ring (bicyclic) bond motifs is 1. The molecule has 6 nitrogen and oxygen atoms in total. The fourth-order valence-corrected chi connectivity index (χ4v) is 5.27. The first kappa shape index (κ1) is 22.4. The summed E-state index contributed by atoms with van der Waals surface area (Å²) in [5, 5.41) is 11.2. The van der Waals surface area contributed by atoms with Crippen molar-refractivity contribution < 1.29 is 9.59 Å². The van der Waals surface area contributed by atoms with Gasteiger partial charge >= 0.3 is 0 Å². The Balaban J connectivity index is 1.56. The van der Waals surface area contributed by atoms with Crippen molar-refractivity contribution in [1.82, 2.24) is 20.5 Å². The van der Waals surface area contributed by atoms with Crippen molar-refractivity contribution >= 4 is 33.9 Å². The highest BCUT2D eigenvalue weighted by molar-refractivity contribution is 7.10. The minimum absolute atomic E-state index is 0.0426. The average Bonchev–Trinajstić information content (AvgIpc) is 3.48. The number of nitrogens with one attached hydrogen (secondary N) is 2. The van der Waals surface area contributed by atoms with Crippen LogP contribution in [-0.4, -0.2) is 47.4 Å². The molecule has 1 aliphatic rings. The summed E-state index contributed by atoms with van der Waals surface area (Å²) in [4.78, 5) is 32.2. The lowest BCUT2D eigenvalue weighted by Crippen LogP contribution is -2.51. The second-order valence-corrected chi connectivity index (χ2v) is 9.37. The van der Waals surface area contributed by atoms with Gasteiger partial charge in [0.25, 0.3) is 0 Å². The van der Waals surface area contributed by atoms with Gasteiger partial charge in [0.1, 0.15) is 11.0 Å². The molecule has 1 fully saturated rings. The van der Waals surface area contributed by atoms with Crippen LogP contribution in [-0.2, 0) is 9.59 Å². The van der Waals surface area contributed by atoms with Crippen LogP contribution >= 0.6 is 11.3 Å². The minimum Gasteiger partial charge on any atom is -0.343 e. The fourth-order valence-electron chi connectivity index (χ4n) is 4.30. The van der Waals surface area contributed by atoms with Gasteiger partial charge in [-0.3, -0.25) is 9.59 Å². The number of hydrogen-bond acceptors (Lipinski definition) is 5. The van der Waals surface area contributed by atoms with Gasteiger partial charge in [0.2, 0.25) is 11.8 Å². The summed E-state index contributed by atoms with van der Waals surface area (Å²) >= 11 is 1.61. The molecule has 0 bridgehead atoms. The van der Waals surface area contributed by atoms with E-state index in [0.29, 0.717) is 6.54 Å². The van der Waals surface area contributed by atoms with E-state index in [-0.39, 0.29) is 23.9 Å². The van der Waals surface area contributed by atoms with Crippen LogP contribution in [0.1, 0.15) is 43.3 Å². The molecular formula is C25H30N4O2S. The first-order chi connectivity index (χ1) is 15.4. The Morgan fingerprint density at radius 1 is 1.12 bits per heavy atom. The van der Waals surface area contributed by atoms with Crippen molar-refractivity contribution in [2.45, 2.75) is 51.7 Å². The quantitative estimate of drug-likeness (QED) is 0.594. The Morgan fingerprint density at radius 2 is 1.88 bits per heavy atom. The highest BCUT2D eigenvalue weighted by Crippen LogP contribution is 2.37. The highest BCUT2D eigenvalue weighted by atomic mass is 32.1. The van der Waals surface area contributed by atoms with E-state index >= 15 is 0 Å². The van der Waals surface area contributed by atoms with Crippen molar-refractivity contribution in [3.63, 3.8) is 0 Å². The monoisotopic (exact) mass is 450 g/mol. The van der Waals surface area contributed by atoms with Gasteiger partial charge in [-0.1, -0.05) is 36.4 Å². The number of carbonyl (C=O) groups excluding carboxylic acids is 2. The molecule has 3 aromatic rings. The van der Waals surface area contributed by atoms with Crippen LogP contribution in [0, 0.1) is 6.92 Å². The summed E-state index contributed by atoms with van der Waals surface area (Å²) in [5.41, 5.74) is 3.31. The number of amides is 2. The molecule has 7 heteroatoms. The third kappa shape index (κ3) is 4.27. The predicted molar refractivity (Wildman–Crippen MR) is 130 cm³/mol. The maximum Gasteiger partial charge on any atom is 0.245 e. The van der Waals surface area contributed by atoms with Crippen molar-refractivity contribution in [2.75, 3.05) is 13.6 Å². The van der Waals surface area contributed by atoms with Gasteiger partial charge in [-0.15, -0.1) is 11.3 Å². The highest BCUT2D eigenvalue weighted by Gasteiger charge is 2.35. The van der Waals surface area contributed by atoms with Crippen molar-refractivity contribution in [2.24, 2.45) is 0 Å². The SMILES string of the molecule is CN[C@H](C)C(=O)N[C@H](C)C(=O)N1CCC[C@@H]1c1nc(-c2ccc(C)c3ccccc23)cs1. The smallest absolute Gasteiger partial charge is 0.245 e. The summed E-state index contributed by atoms with van der Waals surface area (Å²) < 4.78 is 0. The zero-order valence-corrected chi connectivity index (χ0v) is 19.8. The molecule has 1 aliphatic heterocycles. The molecule has 2 N–H and O–H groups in total. The van der Waals surface area contributed by atoms with Gasteiger partial charge in [0, 0.05) is 17.5 Å². The van der Waals surface area contributed by atoms with Crippen LogP contribution in [0.25, 0.3) is 22.0 Å². The fraction of sp³-hybridized carbons (Fsp3) is 0.400. The summed E-state index contributed by atoms with van der Waals surface area (Å²) in [6, 6.07) is 11.7. The van der Waals surface area contributed by atoms with Gasteiger partial charge < -0.3 is 15.5 Å². The van der Waals surface area contributed by atoms with E-state index < -0.39 is 6.04 Å². The summed E-state index contributed by atoms with van der Waals surface area (Å²) in [5.74, 6) is -0.228. The number of thiazole rings is 1. The van der Waals surface area contributed by atoms with Crippen LogP contribution in [0.2, 0.25) is 0 Å². The Kier molecular flexibility index (Phi) is 6.58. The van der Waals surface area contributed by atoms with Gasteiger partial charge in [-0.2, -0.15) is 0 Å². The number of carbonyl (C=O) groups is 2. The van der Waals surface area contributed by atoms with Crippen LogP contribution < -0.4 is 10.6 Å². The Labute approximate surface area is 193 Å². The number of hydrogen-bond donors (Lipinski definition) is 2. The van der Waals surface area contributed by atoms with E-state index in [1.54, 1.807) is 32.2 Å². The minimum atomic E-state index is -0.570. The van der Waals surface area contributed by atoms with Crippen LogP contribution in [0.4, 0.5) is 0 Å². The summed E-state index contributed by atoms with van der Waals surface area (Å²) in [6.07, 6.45) is 1.83. The lowest BCUT2D eigenvalue weighted by molar-refractivity contribution is -0.137. The van der Waals surface area contributed by atoms with Gasteiger partial charge in [-0.05, 0) is 57.0 Å². The van der Waals surface area contributed by atoms with Crippen LogP contribution in [0.3, 0.4) is 0 Å². The molecule has 2 aromatic carbocycles. The Hall–Kier alpha value is -2.77. The molecule has 0 saturated carbocycles. The van der Waals surface area contributed by atoms with Crippen molar-refractivity contribution in [3.05, 3.63) is 52.3 Å². The molecular weight excluding hydrogens is 420 g/mol. The van der Waals surface area contributed by atoms with E-state index in [9.17, 15) is 9.59 Å². The van der Waals surface area contributed by atoms with Gasteiger partial charge in [0.05, 0.1) is 17.8 Å². The number of aryl methyl sites for hydroxylation is 1. The lowest BCUT2D eigenvalue weighted by atomic mass is 9.99. The first-order valence-electron chi connectivity index (χ1n) is 11.1. The first-order valence-corrected chi connectivity index (χ1v) is 12.0. The second kappa shape index (κ2) is 9.38. The molecule has 1 saturated heterocycles. The summed E-state index contributed by atoms with van der Waals surface area (Å²) in [7, 11) is 1.73. The largest absolute Gasteiger partial charge is 0.343 e. The molecule has 0 spiro atoms. The molecule has 0 aliphatic carbocycles. The second-order valence-electron chi connectivity index (χ2n) is 8.48. The van der Waals surface area contributed by atoms with Crippen LogP contribution in [0.15, 0.2) is 41.8 Å². The molecule has 2 amide bonds. The molecule has 32 heavy (non-hydrogen) atoms. The number of benzene rings is 2. The molecule has 4 rings (SSSR count). The number of likely N-dealkylation sites (tertiary alicyclic amines) is 1. The van der Waals surface area contributed by atoms with E-state index in [1.807, 2.05) is 4.90 Å². The molecule has 1 aromatic heterocycles. The van der Waals surface area contributed by atoms with E-state index in [1.165, 1.54) is 16.3 Å². The topological polar surface area (TPSA) is 74.3 Å².